The summed E-state index contributed by atoms with van der Waals surface area (Å²) in [5, 5.41) is 7.66. The lowest BCUT2D eigenvalue weighted by molar-refractivity contribution is 0.587. The molecular weight excluding hydrogens is 265 g/mol. The maximum atomic E-state index is 5.59. The highest BCUT2D eigenvalue weighted by Crippen LogP contribution is 2.20. The smallest absolute Gasteiger partial charge is 0.0739 e. The Labute approximate surface area is 97.9 Å². The Kier molecular flexibility index (Phi) is 4.92. The zero-order valence-electron chi connectivity index (χ0n) is 8.48. The van der Waals surface area contributed by atoms with E-state index in [1.807, 2.05) is 11.6 Å². The van der Waals surface area contributed by atoms with Gasteiger partial charge in [0.15, 0.2) is 0 Å². The third kappa shape index (κ3) is 2.72. The van der Waals surface area contributed by atoms with Crippen molar-refractivity contribution in [1.82, 2.24) is 15.1 Å². The molecule has 0 spiro atoms. The van der Waals surface area contributed by atoms with Gasteiger partial charge in [0.25, 0.3) is 0 Å². The van der Waals surface area contributed by atoms with Gasteiger partial charge in [-0.05, 0) is 29.8 Å². The molecule has 1 rings (SSSR count). The first-order valence-electron chi connectivity index (χ1n) is 4.69. The van der Waals surface area contributed by atoms with Gasteiger partial charge < -0.3 is 5.32 Å². The van der Waals surface area contributed by atoms with Crippen LogP contribution in [-0.4, -0.2) is 22.2 Å². The highest BCUT2D eigenvalue weighted by molar-refractivity contribution is 9.10. The zero-order valence-corrected chi connectivity index (χ0v) is 10.8. The molecule has 0 amide bonds. The van der Waals surface area contributed by atoms with Crippen molar-refractivity contribution in [2.24, 2.45) is 0 Å². The minimum Gasteiger partial charge on any atom is -0.310 e. The van der Waals surface area contributed by atoms with Crippen LogP contribution in [0.25, 0.3) is 0 Å². The third-order valence-electron chi connectivity index (χ3n) is 2.02. The van der Waals surface area contributed by atoms with Crippen molar-refractivity contribution in [3.8, 4) is 0 Å². The third-order valence-corrected chi connectivity index (χ3v) is 3.24. The molecular formula is C9H15BrClN3. The summed E-state index contributed by atoms with van der Waals surface area (Å²) < 4.78 is 3.10. The molecule has 5 heteroatoms. The predicted molar refractivity (Wildman–Crippen MR) is 62.8 cm³/mol. The number of halogens is 2. The van der Waals surface area contributed by atoms with E-state index in [1.165, 1.54) is 5.69 Å². The highest BCUT2D eigenvalue weighted by atomic mass is 79.9. The molecule has 80 valence electrons. The van der Waals surface area contributed by atoms with Crippen molar-refractivity contribution >= 4 is 27.5 Å². The van der Waals surface area contributed by atoms with Crippen LogP contribution >= 0.6 is 27.5 Å². The van der Waals surface area contributed by atoms with E-state index in [0.29, 0.717) is 5.88 Å². The lowest BCUT2D eigenvalue weighted by Crippen LogP contribution is -2.18. The monoisotopic (exact) mass is 279 g/mol. The summed E-state index contributed by atoms with van der Waals surface area (Å²) in [5.74, 6) is 0.636. The number of nitrogens with one attached hydrogen (secondary N) is 1. The van der Waals surface area contributed by atoms with E-state index < -0.39 is 0 Å². The minimum atomic E-state index is 0.636. The number of aromatic nitrogens is 2. The van der Waals surface area contributed by atoms with Crippen molar-refractivity contribution < 1.29 is 0 Å². The standard InChI is InChI=1S/C9H15BrClN3/c1-3-14-8(6-12-5-4-11)9(10)7(2)13-14/h12H,3-6H2,1-2H3. The van der Waals surface area contributed by atoms with Crippen LogP contribution in [0.2, 0.25) is 0 Å². The Morgan fingerprint density at radius 1 is 1.57 bits per heavy atom. The molecule has 0 saturated carbocycles. The molecule has 0 aliphatic heterocycles. The fourth-order valence-corrected chi connectivity index (χ4v) is 1.87. The Morgan fingerprint density at radius 3 is 2.86 bits per heavy atom. The summed E-state index contributed by atoms with van der Waals surface area (Å²) in [6, 6.07) is 0. The van der Waals surface area contributed by atoms with Crippen LogP contribution in [0.1, 0.15) is 18.3 Å². The molecule has 0 bridgehead atoms. The Hall–Kier alpha value is -0.0600. The van der Waals surface area contributed by atoms with E-state index in [9.17, 15) is 0 Å². The number of hydrogen-bond acceptors (Lipinski definition) is 2. The second-order valence-electron chi connectivity index (χ2n) is 3.03. The predicted octanol–water partition coefficient (Wildman–Crippen LogP) is 2.30. The fourth-order valence-electron chi connectivity index (χ4n) is 1.31. The molecule has 0 aliphatic rings. The summed E-state index contributed by atoms with van der Waals surface area (Å²) in [6.45, 7) is 6.61. The highest BCUT2D eigenvalue weighted by Gasteiger charge is 2.10. The van der Waals surface area contributed by atoms with Crippen LogP contribution in [0.3, 0.4) is 0 Å². The van der Waals surface area contributed by atoms with Crippen LogP contribution in [0.5, 0.6) is 0 Å². The molecule has 1 heterocycles. The molecule has 0 radical (unpaired) electrons. The summed E-state index contributed by atoms with van der Waals surface area (Å²) >= 11 is 9.13. The van der Waals surface area contributed by atoms with Gasteiger partial charge in [-0.1, -0.05) is 0 Å². The van der Waals surface area contributed by atoms with Crippen molar-refractivity contribution in [3.05, 3.63) is 15.9 Å². The lowest BCUT2D eigenvalue weighted by atomic mass is 10.3. The Bertz CT molecular complexity index is 298. The van der Waals surface area contributed by atoms with E-state index in [0.717, 1.165) is 29.8 Å². The Morgan fingerprint density at radius 2 is 2.29 bits per heavy atom. The largest absolute Gasteiger partial charge is 0.310 e. The Balaban J connectivity index is 2.72. The van der Waals surface area contributed by atoms with Crippen molar-refractivity contribution in [2.75, 3.05) is 12.4 Å². The molecule has 0 fully saturated rings. The molecule has 0 aliphatic carbocycles. The lowest BCUT2D eigenvalue weighted by Gasteiger charge is -2.05. The van der Waals surface area contributed by atoms with Gasteiger partial charge in [0.1, 0.15) is 0 Å². The van der Waals surface area contributed by atoms with Crippen LogP contribution in [0, 0.1) is 6.92 Å². The van der Waals surface area contributed by atoms with Gasteiger partial charge in [-0.3, -0.25) is 4.68 Å². The molecule has 0 unspecified atom stereocenters. The number of hydrogen-bond donors (Lipinski definition) is 1. The average molecular weight is 281 g/mol. The van der Waals surface area contributed by atoms with Gasteiger partial charge in [0.2, 0.25) is 0 Å². The molecule has 0 atom stereocenters. The van der Waals surface area contributed by atoms with Crippen molar-refractivity contribution in [1.29, 1.82) is 0 Å². The zero-order chi connectivity index (χ0) is 10.6. The molecule has 1 aromatic rings. The molecule has 1 N–H and O–H groups in total. The maximum absolute atomic E-state index is 5.59. The molecule has 0 saturated heterocycles. The van der Waals surface area contributed by atoms with E-state index in [2.05, 4.69) is 33.3 Å². The normalized spacial score (nSPS) is 10.9. The summed E-state index contributed by atoms with van der Waals surface area (Å²) in [4.78, 5) is 0. The van der Waals surface area contributed by atoms with E-state index >= 15 is 0 Å². The SMILES string of the molecule is CCn1nc(C)c(Br)c1CNCCCl. The number of aryl methyl sites for hydroxylation is 2. The van der Waals surface area contributed by atoms with E-state index in [4.69, 9.17) is 11.6 Å². The van der Waals surface area contributed by atoms with Gasteiger partial charge >= 0.3 is 0 Å². The summed E-state index contributed by atoms with van der Waals surface area (Å²) in [6.07, 6.45) is 0. The molecule has 14 heavy (non-hydrogen) atoms. The molecule has 0 aromatic carbocycles. The van der Waals surface area contributed by atoms with Gasteiger partial charge in [-0.2, -0.15) is 5.10 Å². The first-order valence-corrected chi connectivity index (χ1v) is 6.01. The number of alkyl halides is 1. The molecule has 1 aromatic heterocycles. The van der Waals surface area contributed by atoms with E-state index in [-0.39, 0.29) is 0 Å². The summed E-state index contributed by atoms with van der Waals surface area (Å²) in [7, 11) is 0. The van der Waals surface area contributed by atoms with Crippen molar-refractivity contribution in [3.63, 3.8) is 0 Å². The van der Waals surface area contributed by atoms with Crippen LogP contribution < -0.4 is 5.32 Å². The number of rotatable bonds is 5. The fraction of sp³-hybridized carbons (Fsp3) is 0.667. The van der Waals surface area contributed by atoms with Crippen LogP contribution in [-0.2, 0) is 13.1 Å². The first-order chi connectivity index (χ1) is 6.70. The van der Waals surface area contributed by atoms with E-state index in [1.54, 1.807) is 0 Å². The number of nitrogens with zero attached hydrogens (tertiary/aromatic N) is 2. The van der Waals surface area contributed by atoms with Gasteiger partial charge in [-0.15, -0.1) is 11.6 Å². The first kappa shape index (κ1) is 12.0. The van der Waals surface area contributed by atoms with Crippen LogP contribution in [0.4, 0.5) is 0 Å². The quantitative estimate of drug-likeness (QED) is 0.662. The van der Waals surface area contributed by atoms with Gasteiger partial charge in [0, 0.05) is 25.5 Å². The van der Waals surface area contributed by atoms with Gasteiger partial charge in [0.05, 0.1) is 15.9 Å². The topological polar surface area (TPSA) is 29.9 Å². The van der Waals surface area contributed by atoms with Crippen molar-refractivity contribution in [2.45, 2.75) is 26.9 Å². The summed E-state index contributed by atoms with van der Waals surface area (Å²) in [5.41, 5.74) is 2.23. The average Bonchev–Trinajstić information content (AvgIpc) is 2.45. The second kappa shape index (κ2) is 5.73. The maximum Gasteiger partial charge on any atom is 0.0739 e. The second-order valence-corrected chi connectivity index (χ2v) is 4.20. The minimum absolute atomic E-state index is 0.636. The van der Waals surface area contributed by atoms with Crippen LogP contribution in [0.15, 0.2) is 4.47 Å². The van der Waals surface area contributed by atoms with Gasteiger partial charge in [-0.25, -0.2) is 0 Å². The molecule has 3 nitrogen and oxygen atoms in total.